The second kappa shape index (κ2) is 8.39. The third-order valence-corrected chi connectivity index (χ3v) is 4.33. The van der Waals surface area contributed by atoms with Gasteiger partial charge in [0.25, 0.3) is 0 Å². The van der Waals surface area contributed by atoms with E-state index in [-0.39, 0.29) is 18.0 Å². The molecule has 0 fully saturated rings. The molecular weight excluding hydrogens is 369 g/mol. The molecule has 0 aliphatic rings. The van der Waals surface area contributed by atoms with E-state index in [0.717, 1.165) is 5.56 Å². The van der Waals surface area contributed by atoms with Gasteiger partial charge in [-0.3, -0.25) is 4.79 Å². The van der Waals surface area contributed by atoms with Gasteiger partial charge in [-0.25, -0.2) is 19.3 Å². The van der Waals surface area contributed by atoms with Gasteiger partial charge in [-0.2, -0.15) is 0 Å². The fraction of sp³-hybridized carbons (Fsp3) is 0.0435. The molecule has 0 aliphatic carbocycles. The number of ketones is 1. The topological polar surface area (TPSA) is 65.0 Å². The number of pyridine rings is 1. The van der Waals surface area contributed by atoms with Crippen LogP contribution in [-0.4, -0.2) is 20.7 Å². The van der Waals surface area contributed by atoms with Crippen LogP contribution in [0.5, 0.6) is 11.6 Å². The molecule has 6 heteroatoms. The van der Waals surface area contributed by atoms with E-state index in [9.17, 15) is 9.18 Å². The second-order valence-corrected chi connectivity index (χ2v) is 6.27. The number of Topliss-reactive ketones (excluding diaryl/α,β-unsaturated/α-hetero) is 1. The maximum atomic E-state index is 13.8. The molecule has 29 heavy (non-hydrogen) atoms. The SMILES string of the molecule is O=C(Cc1ccccc1F)c1ccc(Oc2ncccc2-c2ccncn2)cc1. The average Bonchev–Trinajstić information content (AvgIpc) is 2.77. The summed E-state index contributed by atoms with van der Waals surface area (Å²) in [6, 6.07) is 18.4. The minimum atomic E-state index is -0.381. The Hall–Kier alpha value is -3.93. The Morgan fingerprint density at radius 1 is 0.897 bits per heavy atom. The normalized spacial score (nSPS) is 10.5. The molecule has 0 atom stereocenters. The zero-order valence-corrected chi connectivity index (χ0v) is 15.3. The Morgan fingerprint density at radius 2 is 1.72 bits per heavy atom. The van der Waals surface area contributed by atoms with Gasteiger partial charge in [0, 0.05) is 24.4 Å². The molecule has 0 unspecified atom stereocenters. The first-order chi connectivity index (χ1) is 14.2. The highest BCUT2D eigenvalue weighted by Crippen LogP contribution is 2.30. The first-order valence-corrected chi connectivity index (χ1v) is 8.96. The molecule has 2 aromatic heterocycles. The predicted molar refractivity (Wildman–Crippen MR) is 106 cm³/mol. The van der Waals surface area contributed by atoms with Crippen molar-refractivity contribution in [3.63, 3.8) is 0 Å². The molecule has 0 N–H and O–H groups in total. The monoisotopic (exact) mass is 385 g/mol. The number of hydrogen-bond donors (Lipinski definition) is 0. The third-order valence-electron chi connectivity index (χ3n) is 4.33. The van der Waals surface area contributed by atoms with E-state index >= 15 is 0 Å². The number of carbonyl (C=O) groups is 1. The summed E-state index contributed by atoms with van der Waals surface area (Å²) < 4.78 is 19.7. The Morgan fingerprint density at radius 3 is 2.48 bits per heavy atom. The zero-order valence-electron chi connectivity index (χ0n) is 15.3. The van der Waals surface area contributed by atoms with E-state index in [1.165, 1.54) is 12.4 Å². The summed E-state index contributed by atoms with van der Waals surface area (Å²) in [5.74, 6) is 0.382. The van der Waals surface area contributed by atoms with Gasteiger partial charge in [0.2, 0.25) is 5.88 Å². The van der Waals surface area contributed by atoms with Crippen LogP contribution >= 0.6 is 0 Å². The molecule has 0 spiro atoms. The van der Waals surface area contributed by atoms with Crippen LogP contribution in [0.4, 0.5) is 4.39 Å². The van der Waals surface area contributed by atoms with Crippen molar-refractivity contribution in [2.24, 2.45) is 0 Å². The van der Waals surface area contributed by atoms with Crippen LogP contribution in [0.25, 0.3) is 11.3 Å². The molecule has 142 valence electrons. The van der Waals surface area contributed by atoms with E-state index in [1.54, 1.807) is 67.0 Å². The standard InChI is InChI=1S/C23H16FN3O2/c24-20-6-2-1-4-17(20)14-22(28)16-7-9-18(10-8-16)29-23-19(5-3-12-26-23)21-11-13-25-15-27-21/h1-13,15H,14H2. The molecule has 5 nitrogen and oxygen atoms in total. The second-order valence-electron chi connectivity index (χ2n) is 6.27. The number of aromatic nitrogens is 3. The summed E-state index contributed by atoms with van der Waals surface area (Å²) in [5.41, 5.74) is 2.29. The lowest BCUT2D eigenvalue weighted by Gasteiger charge is -2.10. The minimum Gasteiger partial charge on any atom is -0.438 e. The molecule has 0 saturated carbocycles. The van der Waals surface area contributed by atoms with Crippen molar-refractivity contribution in [3.8, 4) is 22.9 Å². The lowest BCUT2D eigenvalue weighted by Crippen LogP contribution is -2.05. The Balaban J connectivity index is 1.51. The zero-order chi connectivity index (χ0) is 20.1. The number of ether oxygens (including phenoxy) is 1. The van der Waals surface area contributed by atoms with Crippen molar-refractivity contribution in [1.82, 2.24) is 15.0 Å². The van der Waals surface area contributed by atoms with Crippen LogP contribution in [0.3, 0.4) is 0 Å². The van der Waals surface area contributed by atoms with Gasteiger partial charge >= 0.3 is 0 Å². The van der Waals surface area contributed by atoms with E-state index in [4.69, 9.17) is 4.74 Å². The van der Waals surface area contributed by atoms with Gasteiger partial charge in [-0.15, -0.1) is 0 Å². The summed E-state index contributed by atoms with van der Waals surface area (Å²) in [6.07, 6.45) is 4.74. The van der Waals surface area contributed by atoms with E-state index < -0.39 is 0 Å². The van der Waals surface area contributed by atoms with Gasteiger partial charge in [0.1, 0.15) is 17.9 Å². The fourth-order valence-corrected chi connectivity index (χ4v) is 2.85. The number of carbonyl (C=O) groups excluding carboxylic acids is 1. The van der Waals surface area contributed by atoms with Gasteiger partial charge in [-0.1, -0.05) is 18.2 Å². The summed E-state index contributed by atoms with van der Waals surface area (Å²) in [4.78, 5) is 24.9. The lowest BCUT2D eigenvalue weighted by atomic mass is 10.0. The number of halogens is 1. The van der Waals surface area contributed by atoms with Crippen molar-refractivity contribution in [1.29, 1.82) is 0 Å². The van der Waals surface area contributed by atoms with Gasteiger partial charge < -0.3 is 4.74 Å². The van der Waals surface area contributed by atoms with Crippen LogP contribution in [0.2, 0.25) is 0 Å². The van der Waals surface area contributed by atoms with Gasteiger partial charge in [0.05, 0.1) is 11.3 Å². The molecule has 0 radical (unpaired) electrons. The summed E-state index contributed by atoms with van der Waals surface area (Å²) >= 11 is 0. The number of hydrogen-bond acceptors (Lipinski definition) is 5. The lowest BCUT2D eigenvalue weighted by molar-refractivity contribution is 0.0992. The Bertz CT molecular complexity index is 1130. The largest absolute Gasteiger partial charge is 0.438 e. The molecule has 0 bridgehead atoms. The summed E-state index contributed by atoms with van der Waals surface area (Å²) in [6.45, 7) is 0. The highest BCUT2D eigenvalue weighted by atomic mass is 19.1. The first-order valence-electron chi connectivity index (χ1n) is 8.96. The van der Waals surface area contributed by atoms with Crippen LogP contribution in [0, 0.1) is 5.82 Å². The molecule has 4 rings (SSSR count). The summed E-state index contributed by atoms with van der Waals surface area (Å²) in [5, 5.41) is 0. The van der Waals surface area contributed by atoms with Crippen LogP contribution < -0.4 is 4.74 Å². The quantitative estimate of drug-likeness (QED) is 0.442. The van der Waals surface area contributed by atoms with Crippen LogP contribution in [0.15, 0.2) is 85.5 Å². The van der Waals surface area contributed by atoms with Gasteiger partial charge in [-0.05, 0) is 54.1 Å². The van der Waals surface area contributed by atoms with Crippen molar-refractivity contribution in [2.45, 2.75) is 6.42 Å². The number of rotatable bonds is 6. The van der Waals surface area contributed by atoms with Crippen LogP contribution in [-0.2, 0) is 6.42 Å². The van der Waals surface area contributed by atoms with Crippen molar-refractivity contribution >= 4 is 5.78 Å². The van der Waals surface area contributed by atoms with Crippen LogP contribution in [0.1, 0.15) is 15.9 Å². The first kappa shape index (κ1) is 18.4. The Labute approximate surface area is 166 Å². The Kier molecular flexibility index (Phi) is 5.33. The smallest absolute Gasteiger partial charge is 0.228 e. The molecule has 2 aromatic carbocycles. The molecule has 2 heterocycles. The molecule has 0 amide bonds. The molecule has 4 aromatic rings. The highest BCUT2D eigenvalue weighted by Gasteiger charge is 2.12. The highest BCUT2D eigenvalue weighted by molar-refractivity contribution is 5.97. The van der Waals surface area contributed by atoms with E-state index in [0.29, 0.717) is 28.5 Å². The maximum Gasteiger partial charge on any atom is 0.228 e. The number of benzene rings is 2. The fourth-order valence-electron chi connectivity index (χ4n) is 2.85. The summed E-state index contributed by atoms with van der Waals surface area (Å²) in [7, 11) is 0. The minimum absolute atomic E-state index is 0.00494. The molecule has 0 aliphatic heterocycles. The average molecular weight is 385 g/mol. The molecular formula is C23H16FN3O2. The van der Waals surface area contributed by atoms with E-state index in [2.05, 4.69) is 15.0 Å². The van der Waals surface area contributed by atoms with Gasteiger partial charge in [0.15, 0.2) is 5.78 Å². The van der Waals surface area contributed by atoms with Crippen molar-refractivity contribution < 1.29 is 13.9 Å². The maximum absolute atomic E-state index is 13.8. The number of nitrogens with zero attached hydrogens (tertiary/aromatic N) is 3. The van der Waals surface area contributed by atoms with E-state index in [1.807, 2.05) is 6.07 Å². The molecule has 0 saturated heterocycles. The third kappa shape index (κ3) is 4.32. The predicted octanol–water partition coefficient (Wildman–Crippen LogP) is 4.90. The van der Waals surface area contributed by atoms with Crippen molar-refractivity contribution in [2.75, 3.05) is 0 Å². The van der Waals surface area contributed by atoms with Crippen molar-refractivity contribution in [3.05, 3.63) is 102 Å².